The molecule has 0 spiro atoms. The summed E-state index contributed by atoms with van der Waals surface area (Å²) in [6.07, 6.45) is 0. The molecule has 2 aromatic carbocycles. The molecular weight excluding hydrogens is 264 g/mol. The third kappa shape index (κ3) is 1.40. The molecule has 7 heteroatoms. The Balaban J connectivity index is 2.70. The Hall–Kier alpha value is -1.44. The van der Waals surface area contributed by atoms with E-state index < -0.39 is 20.2 Å². The Morgan fingerprint density at radius 1 is 0.765 bits per heavy atom. The van der Waals surface area contributed by atoms with Crippen molar-refractivity contribution in [1.29, 1.82) is 0 Å². The van der Waals surface area contributed by atoms with E-state index in [1.165, 1.54) is 12.1 Å². The van der Waals surface area contributed by atoms with E-state index in [-0.39, 0.29) is 15.2 Å². The Kier molecular flexibility index (Phi) is 1.93. The monoisotopic (exact) mass is 270 g/mol. The Labute approximate surface area is 97.9 Å². The van der Waals surface area contributed by atoms with Crippen LogP contribution in [0.5, 0.6) is 0 Å². The van der Waals surface area contributed by atoms with E-state index in [9.17, 15) is 16.8 Å². The van der Waals surface area contributed by atoms with Gasteiger partial charge in [0, 0.05) is 5.39 Å². The number of benzene rings is 2. The van der Waals surface area contributed by atoms with E-state index in [0.29, 0.717) is 5.39 Å². The summed E-state index contributed by atoms with van der Waals surface area (Å²) in [5.41, 5.74) is 0. The van der Waals surface area contributed by atoms with E-state index >= 15 is 0 Å². The molecule has 0 aromatic heterocycles. The van der Waals surface area contributed by atoms with E-state index in [2.05, 4.69) is 3.63 Å². The molecule has 0 amide bonds. The van der Waals surface area contributed by atoms with Crippen LogP contribution >= 0.6 is 0 Å². The molecule has 0 N–H and O–H groups in total. The second kappa shape index (κ2) is 3.06. The van der Waals surface area contributed by atoms with E-state index in [0.717, 1.165) is 0 Å². The van der Waals surface area contributed by atoms with Crippen molar-refractivity contribution in [3.8, 4) is 0 Å². The fourth-order valence-electron chi connectivity index (χ4n) is 1.88. The summed E-state index contributed by atoms with van der Waals surface area (Å²) in [6, 6.07) is 9.05. The van der Waals surface area contributed by atoms with E-state index in [4.69, 9.17) is 0 Å². The van der Waals surface area contributed by atoms with Gasteiger partial charge >= 0.3 is 20.2 Å². The highest BCUT2D eigenvalue weighted by Crippen LogP contribution is 2.36. The number of hydrogen-bond acceptors (Lipinski definition) is 5. The normalized spacial score (nSPS) is 20.2. The molecule has 2 aromatic rings. The third-order valence-corrected chi connectivity index (χ3v) is 5.74. The molecule has 0 bridgehead atoms. The lowest BCUT2D eigenvalue weighted by atomic mass is 10.1. The molecule has 17 heavy (non-hydrogen) atoms. The zero-order valence-electron chi connectivity index (χ0n) is 8.32. The van der Waals surface area contributed by atoms with Crippen LogP contribution < -0.4 is 0 Å². The molecule has 88 valence electrons. The van der Waals surface area contributed by atoms with Gasteiger partial charge in [-0.15, -0.1) is 3.63 Å². The van der Waals surface area contributed by atoms with Crippen LogP contribution in [0.1, 0.15) is 0 Å². The molecule has 1 aliphatic rings. The summed E-state index contributed by atoms with van der Waals surface area (Å²) in [6.45, 7) is 0. The quantitative estimate of drug-likeness (QED) is 0.720. The van der Waals surface area contributed by atoms with Crippen molar-refractivity contribution in [2.75, 3.05) is 0 Å². The van der Waals surface area contributed by atoms with Crippen molar-refractivity contribution in [2.24, 2.45) is 0 Å². The van der Waals surface area contributed by atoms with Crippen LogP contribution in [0.15, 0.2) is 46.2 Å². The van der Waals surface area contributed by atoms with Crippen LogP contribution in [0, 0.1) is 0 Å². The molecule has 0 atom stereocenters. The molecular formula is C10H6O5S2. The second-order valence-corrected chi connectivity index (χ2v) is 6.83. The van der Waals surface area contributed by atoms with Crippen LogP contribution in [-0.4, -0.2) is 16.8 Å². The second-order valence-electron chi connectivity index (χ2n) is 3.59. The highest BCUT2D eigenvalue weighted by molar-refractivity contribution is 8.00. The molecule has 0 fully saturated rings. The van der Waals surface area contributed by atoms with Gasteiger partial charge in [-0.2, -0.15) is 16.8 Å². The topological polar surface area (TPSA) is 77.5 Å². The lowest BCUT2D eigenvalue weighted by Gasteiger charge is -2.16. The minimum Gasteiger partial charge on any atom is -0.193 e. The molecule has 0 saturated carbocycles. The number of rotatable bonds is 0. The van der Waals surface area contributed by atoms with Crippen LogP contribution in [0.25, 0.3) is 10.8 Å². The molecule has 5 nitrogen and oxygen atoms in total. The summed E-state index contributed by atoms with van der Waals surface area (Å²) in [7, 11) is -8.49. The molecule has 1 aliphatic heterocycles. The van der Waals surface area contributed by atoms with Crippen LogP contribution in [0.2, 0.25) is 0 Å². The summed E-state index contributed by atoms with van der Waals surface area (Å²) >= 11 is 0. The maximum atomic E-state index is 11.7. The smallest absolute Gasteiger partial charge is 0.193 e. The van der Waals surface area contributed by atoms with Gasteiger partial charge in [-0.05, 0) is 17.5 Å². The minimum atomic E-state index is -4.24. The van der Waals surface area contributed by atoms with Crippen LogP contribution in [-0.2, 0) is 23.9 Å². The first-order valence-electron chi connectivity index (χ1n) is 4.65. The molecule has 0 saturated heterocycles. The van der Waals surface area contributed by atoms with Crippen LogP contribution in [0.3, 0.4) is 0 Å². The van der Waals surface area contributed by atoms with E-state index in [1.54, 1.807) is 24.3 Å². The lowest BCUT2D eigenvalue weighted by molar-refractivity contribution is 0.459. The van der Waals surface area contributed by atoms with Crippen molar-refractivity contribution in [3.63, 3.8) is 0 Å². The zero-order chi connectivity index (χ0) is 12.3. The first-order chi connectivity index (χ1) is 7.92. The predicted molar refractivity (Wildman–Crippen MR) is 59.4 cm³/mol. The first kappa shape index (κ1) is 10.7. The average Bonchev–Trinajstić information content (AvgIpc) is 2.24. The minimum absolute atomic E-state index is 0.111. The van der Waals surface area contributed by atoms with Crippen molar-refractivity contribution >= 4 is 31.0 Å². The third-order valence-electron chi connectivity index (χ3n) is 2.55. The SMILES string of the molecule is O=S1(=O)OS(=O)(=O)c2cccc3cccc1c23. The van der Waals surface area contributed by atoms with Crippen molar-refractivity contribution < 1.29 is 20.5 Å². The average molecular weight is 270 g/mol. The Morgan fingerprint density at radius 2 is 1.24 bits per heavy atom. The standard InChI is InChI=1S/C10H6O5S2/c11-16(12)8-5-1-3-7-4-2-6-9(10(7)8)17(13,14)15-16/h1-6H. The van der Waals surface area contributed by atoms with Crippen molar-refractivity contribution in [1.82, 2.24) is 0 Å². The molecule has 1 heterocycles. The predicted octanol–water partition coefficient (Wildman–Crippen LogP) is 1.25. The summed E-state index contributed by atoms with van der Waals surface area (Å²) in [5, 5.41) is 0.747. The highest BCUT2D eigenvalue weighted by atomic mass is 32.3. The molecule has 3 rings (SSSR count). The number of hydrogen-bond donors (Lipinski definition) is 0. The fourth-order valence-corrected chi connectivity index (χ4v) is 4.92. The van der Waals surface area contributed by atoms with Crippen molar-refractivity contribution in [2.45, 2.75) is 9.79 Å². The van der Waals surface area contributed by atoms with Gasteiger partial charge in [-0.25, -0.2) is 0 Å². The summed E-state index contributed by atoms with van der Waals surface area (Å²) in [4.78, 5) is -0.221. The Morgan fingerprint density at radius 3 is 1.71 bits per heavy atom. The van der Waals surface area contributed by atoms with Gasteiger partial charge in [0.05, 0.1) is 0 Å². The maximum absolute atomic E-state index is 11.7. The molecule has 0 aliphatic carbocycles. The lowest BCUT2D eigenvalue weighted by Crippen LogP contribution is -2.19. The fraction of sp³-hybridized carbons (Fsp3) is 0. The molecule has 0 radical (unpaired) electrons. The Bertz CT molecular complexity index is 767. The molecule has 0 unspecified atom stereocenters. The van der Waals surface area contributed by atoms with Gasteiger partial charge in [0.25, 0.3) is 0 Å². The van der Waals surface area contributed by atoms with Gasteiger partial charge in [0.15, 0.2) is 0 Å². The largest absolute Gasteiger partial charge is 0.312 e. The summed E-state index contributed by atoms with van der Waals surface area (Å²) in [5.74, 6) is 0. The zero-order valence-corrected chi connectivity index (χ0v) is 9.95. The summed E-state index contributed by atoms with van der Waals surface area (Å²) < 4.78 is 50.9. The van der Waals surface area contributed by atoms with E-state index in [1.807, 2.05) is 0 Å². The van der Waals surface area contributed by atoms with Crippen LogP contribution in [0.4, 0.5) is 0 Å². The van der Waals surface area contributed by atoms with Gasteiger partial charge in [0.2, 0.25) is 0 Å². The van der Waals surface area contributed by atoms with Gasteiger partial charge in [0.1, 0.15) is 9.79 Å². The maximum Gasteiger partial charge on any atom is 0.312 e. The van der Waals surface area contributed by atoms with Gasteiger partial charge in [-0.3, -0.25) is 0 Å². The van der Waals surface area contributed by atoms with Gasteiger partial charge in [-0.1, -0.05) is 24.3 Å². The van der Waals surface area contributed by atoms with Crippen molar-refractivity contribution in [3.05, 3.63) is 36.4 Å². The van der Waals surface area contributed by atoms with Gasteiger partial charge < -0.3 is 0 Å². The first-order valence-corrected chi connectivity index (χ1v) is 7.46. The highest BCUT2D eigenvalue weighted by Gasteiger charge is 2.36.